The number of carbonyl (C=O) groups excluding carboxylic acids is 2. The van der Waals surface area contributed by atoms with Crippen LogP contribution < -0.4 is 10.6 Å². The summed E-state index contributed by atoms with van der Waals surface area (Å²) >= 11 is 1.24. The second-order valence-corrected chi connectivity index (χ2v) is 5.77. The van der Waals surface area contributed by atoms with Gasteiger partial charge in [-0.3, -0.25) is 9.59 Å². The maximum Gasteiger partial charge on any atom is 0.235 e. The number of amides is 2. The zero-order chi connectivity index (χ0) is 15.9. The Labute approximate surface area is 132 Å². The van der Waals surface area contributed by atoms with Crippen LogP contribution in [0, 0.1) is 13.8 Å². The van der Waals surface area contributed by atoms with Crippen molar-refractivity contribution in [2.24, 2.45) is 0 Å². The van der Waals surface area contributed by atoms with E-state index in [9.17, 15) is 9.59 Å². The van der Waals surface area contributed by atoms with Gasteiger partial charge >= 0.3 is 0 Å². The molecular formula is C15H17N3O3S. The van der Waals surface area contributed by atoms with Gasteiger partial charge in [0, 0.05) is 11.8 Å². The Bertz CT molecular complexity index is 670. The topological polar surface area (TPSA) is 84.2 Å². The van der Waals surface area contributed by atoms with Crippen molar-refractivity contribution in [3.05, 3.63) is 41.7 Å². The van der Waals surface area contributed by atoms with E-state index in [4.69, 9.17) is 4.52 Å². The Morgan fingerprint density at radius 3 is 2.50 bits per heavy atom. The van der Waals surface area contributed by atoms with Crippen molar-refractivity contribution in [1.82, 2.24) is 5.16 Å². The molecule has 0 saturated carbocycles. The maximum absolute atomic E-state index is 11.8. The van der Waals surface area contributed by atoms with E-state index in [-0.39, 0.29) is 23.3 Å². The van der Waals surface area contributed by atoms with Gasteiger partial charge in [-0.2, -0.15) is 0 Å². The zero-order valence-corrected chi connectivity index (χ0v) is 13.2. The third-order valence-electron chi connectivity index (χ3n) is 2.66. The number of rotatable bonds is 6. The molecule has 1 aromatic heterocycles. The molecule has 116 valence electrons. The van der Waals surface area contributed by atoms with Gasteiger partial charge in [-0.25, -0.2) is 0 Å². The quantitative estimate of drug-likeness (QED) is 0.855. The van der Waals surface area contributed by atoms with Crippen LogP contribution >= 0.6 is 11.8 Å². The first-order chi connectivity index (χ1) is 10.5. The lowest BCUT2D eigenvalue weighted by molar-refractivity contribution is -0.114. The number of anilines is 2. The van der Waals surface area contributed by atoms with Gasteiger partial charge in [0.25, 0.3) is 0 Å². The minimum Gasteiger partial charge on any atom is -0.360 e. The molecule has 2 amide bonds. The lowest BCUT2D eigenvalue weighted by atomic mass is 10.2. The van der Waals surface area contributed by atoms with Crippen LogP contribution in [0.2, 0.25) is 0 Å². The zero-order valence-electron chi connectivity index (χ0n) is 12.4. The summed E-state index contributed by atoms with van der Waals surface area (Å²) in [5.41, 5.74) is 1.83. The summed E-state index contributed by atoms with van der Waals surface area (Å²) in [6.07, 6.45) is 0. The van der Waals surface area contributed by atoms with Gasteiger partial charge in [-0.15, -0.1) is 11.8 Å². The van der Waals surface area contributed by atoms with Crippen LogP contribution in [0.1, 0.15) is 11.3 Å². The normalized spacial score (nSPS) is 10.3. The van der Waals surface area contributed by atoms with E-state index in [2.05, 4.69) is 15.8 Å². The molecule has 0 fully saturated rings. The van der Waals surface area contributed by atoms with E-state index < -0.39 is 0 Å². The van der Waals surface area contributed by atoms with Gasteiger partial charge in [0.2, 0.25) is 11.8 Å². The molecule has 0 aliphatic heterocycles. The van der Waals surface area contributed by atoms with E-state index in [1.807, 2.05) is 31.2 Å². The number of hydrogen-bond acceptors (Lipinski definition) is 5. The molecule has 2 aromatic rings. The molecule has 0 aliphatic rings. The smallest absolute Gasteiger partial charge is 0.235 e. The van der Waals surface area contributed by atoms with Crippen molar-refractivity contribution < 1.29 is 14.1 Å². The molecule has 2 N–H and O–H groups in total. The fraction of sp³-hybridized carbons (Fsp3) is 0.267. The molecule has 0 bridgehead atoms. The van der Waals surface area contributed by atoms with Crippen LogP contribution in [0.5, 0.6) is 0 Å². The third-order valence-corrected chi connectivity index (χ3v) is 3.60. The largest absolute Gasteiger partial charge is 0.360 e. The minimum atomic E-state index is -0.221. The Kier molecular flexibility index (Phi) is 5.60. The number of carbonyl (C=O) groups is 2. The van der Waals surface area contributed by atoms with Gasteiger partial charge in [0.05, 0.1) is 11.5 Å². The fourth-order valence-electron chi connectivity index (χ4n) is 1.76. The van der Waals surface area contributed by atoms with Gasteiger partial charge in [0.15, 0.2) is 5.82 Å². The fourth-order valence-corrected chi connectivity index (χ4v) is 2.38. The molecule has 0 spiro atoms. The minimum absolute atomic E-state index is 0.138. The van der Waals surface area contributed by atoms with E-state index in [0.717, 1.165) is 11.3 Å². The summed E-state index contributed by atoms with van der Waals surface area (Å²) in [7, 11) is 0. The van der Waals surface area contributed by atoms with Gasteiger partial charge in [0.1, 0.15) is 5.76 Å². The lowest BCUT2D eigenvalue weighted by Crippen LogP contribution is -2.18. The summed E-state index contributed by atoms with van der Waals surface area (Å²) in [5.74, 6) is 1.03. The molecule has 6 nitrogen and oxygen atoms in total. The van der Waals surface area contributed by atoms with E-state index in [1.54, 1.807) is 13.0 Å². The van der Waals surface area contributed by atoms with Crippen molar-refractivity contribution >= 4 is 35.1 Å². The summed E-state index contributed by atoms with van der Waals surface area (Å²) in [6.45, 7) is 3.70. The van der Waals surface area contributed by atoms with E-state index in [1.165, 1.54) is 11.8 Å². The molecule has 0 saturated heterocycles. The average Bonchev–Trinajstić information content (AvgIpc) is 2.84. The lowest BCUT2D eigenvalue weighted by Gasteiger charge is -2.05. The third kappa shape index (κ3) is 5.25. The number of nitrogens with one attached hydrogen (secondary N) is 2. The number of hydrogen-bond donors (Lipinski definition) is 2. The molecule has 0 aliphatic carbocycles. The number of nitrogens with zero attached hydrogens (tertiary/aromatic N) is 1. The summed E-state index contributed by atoms with van der Waals surface area (Å²) in [5, 5.41) is 9.06. The summed E-state index contributed by atoms with van der Waals surface area (Å²) in [6, 6.07) is 9.19. The molecule has 0 atom stereocenters. The van der Waals surface area contributed by atoms with Crippen LogP contribution in [-0.4, -0.2) is 28.5 Å². The molecule has 1 aromatic carbocycles. The predicted molar refractivity (Wildman–Crippen MR) is 87.0 cm³/mol. The first-order valence-electron chi connectivity index (χ1n) is 6.70. The van der Waals surface area contributed by atoms with Crippen LogP contribution in [0.4, 0.5) is 11.5 Å². The average molecular weight is 319 g/mol. The van der Waals surface area contributed by atoms with Crippen LogP contribution in [-0.2, 0) is 9.59 Å². The molecule has 0 unspecified atom stereocenters. The Balaban J connectivity index is 1.69. The van der Waals surface area contributed by atoms with Crippen molar-refractivity contribution in [3.8, 4) is 0 Å². The van der Waals surface area contributed by atoms with Crippen molar-refractivity contribution in [3.63, 3.8) is 0 Å². The number of benzene rings is 1. The van der Waals surface area contributed by atoms with E-state index in [0.29, 0.717) is 11.6 Å². The van der Waals surface area contributed by atoms with Crippen LogP contribution in [0.25, 0.3) is 0 Å². The van der Waals surface area contributed by atoms with Crippen molar-refractivity contribution in [1.29, 1.82) is 0 Å². The van der Waals surface area contributed by atoms with Crippen molar-refractivity contribution in [2.45, 2.75) is 13.8 Å². The Morgan fingerprint density at radius 1 is 1.14 bits per heavy atom. The molecule has 22 heavy (non-hydrogen) atoms. The standard InChI is InChI=1S/C15H17N3O3S/c1-10-4-3-5-12(6-10)16-14(19)8-22-9-15(20)17-13-7-11(2)21-18-13/h3-7H,8-9H2,1-2H3,(H,16,19)(H,17,18,20). The second-order valence-electron chi connectivity index (χ2n) is 4.78. The highest BCUT2D eigenvalue weighted by Crippen LogP contribution is 2.11. The Hall–Kier alpha value is -2.28. The number of thioether (sulfide) groups is 1. The molecule has 1 heterocycles. The van der Waals surface area contributed by atoms with E-state index >= 15 is 0 Å². The van der Waals surface area contributed by atoms with Gasteiger partial charge in [-0.1, -0.05) is 17.3 Å². The molecule has 7 heteroatoms. The monoisotopic (exact) mass is 319 g/mol. The van der Waals surface area contributed by atoms with Crippen LogP contribution in [0.3, 0.4) is 0 Å². The SMILES string of the molecule is Cc1cccc(NC(=O)CSCC(=O)Nc2cc(C)on2)c1. The van der Waals surface area contributed by atoms with Gasteiger partial charge < -0.3 is 15.2 Å². The highest BCUT2D eigenvalue weighted by Gasteiger charge is 2.08. The number of aromatic nitrogens is 1. The number of aryl methyl sites for hydroxylation is 2. The highest BCUT2D eigenvalue weighted by atomic mass is 32.2. The van der Waals surface area contributed by atoms with Gasteiger partial charge in [-0.05, 0) is 31.5 Å². The molecule has 2 rings (SSSR count). The first-order valence-corrected chi connectivity index (χ1v) is 7.86. The first kappa shape index (κ1) is 16.1. The predicted octanol–water partition coefficient (Wildman–Crippen LogP) is 2.60. The van der Waals surface area contributed by atoms with Crippen LogP contribution in [0.15, 0.2) is 34.9 Å². The summed E-state index contributed by atoms with van der Waals surface area (Å²) < 4.78 is 4.85. The maximum atomic E-state index is 11.8. The second kappa shape index (κ2) is 7.65. The summed E-state index contributed by atoms with van der Waals surface area (Å²) in [4.78, 5) is 23.4. The van der Waals surface area contributed by atoms with Crippen molar-refractivity contribution in [2.75, 3.05) is 22.1 Å². The molecule has 0 radical (unpaired) electrons. The molecular weight excluding hydrogens is 302 g/mol. The highest BCUT2D eigenvalue weighted by molar-refractivity contribution is 8.00. The Morgan fingerprint density at radius 2 is 1.86 bits per heavy atom.